The maximum atomic E-state index is 5.34. The van der Waals surface area contributed by atoms with Crippen molar-refractivity contribution in [2.24, 2.45) is 10.8 Å². The number of rotatable bonds is 5. The lowest BCUT2D eigenvalue weighted by molar-refractivity contribution is 0.355. The minimum absolute atomic E-state index is 0.140. The van der Waals surface area contributed by atoms with Crippen LogP contribution in [0.25, 0.3) is 0 Å². The molecule has 0 spiro atoms. The number of hydrogen-bond acceptors (Lipinski definition) is 4. The highest BCUT2D eigenvalue weighted by Crippen LogP contribution is 2.28. The Hall–Kier alpha value is -1.82. The number of benzene rings is 1. The summed E-state index contributed by atoms with van der Waals surface area (Å²) in [5.41, 5.74) is 9.70. The van der Waals surface area contributed by atoms with Crippen molar-refractivity contribution in [3.05, 3.63) is 23.8 Å². The third kappa shape index (κ3) is 3.59. The van der Waals surface area contributed by atoms with E-state index in [2.05, 4.69) is 10.5 Å². The zero-order chi connectivity index (χ0) is 13.5. The van der Waals surface area contributed by atoms with Gasteiger partial charge in [0.25, 0.3) is 0 Å². The minimum atomic E-state index is 0.140. The summed E-state index contributed by atoms with van der Waals surface area (Å²) in [6, 6.07) is 5.60. The minimum Gasteiger partial charge on any atom is -0.493 e. The molecule has 3 N–H and O–H groups in total. The van der Waals surface area contributed by atoms with E-state index in [0.29, 0.717) is 11.5 Å². The normalized spacial score (nSPS) is 10.9. The molecule has 6 heteroatoms. The van der Waals surface area contributed by atoms with E-state index in [9.17, 15) is 0 Å². The van der Waals surface area contributed by atoms with E-state index in [-0.39, 0.29) is 5.11 Å². The van der Waals surface area contributed by atoms with Gasteiger partial charge in [0.1, 0.15) is 0 Å². The Morgan fingerprint density at radius 3 is 2.50 bits per heavy atom. The van der Waals surface area contributed by atoms with E-state index >= 15 is 0 Å². The second-order valence-corrected chi connectivity index (χ2v) is 3.90. The molecule has 0 aliphatic rings. The second kappa shape index (κ2) is 6.80. The molecule has 0 heterocycles. The van der Waals surface area contributed by atoms with Crippen molar-refractivity contribution in [2.75, 3.05) is 14.2 Å². The van der Waals surface area contributed by atoms with Crippen molar-refractivity contribution in [3.8, 4) is 11.5 Å². The second-order valence-electron chi connectivity index (χ2n) is 3.46. The van der Waals surface area contributed by atoms with Crippen LogP contribution in [0.5, 0.6) is 11.5 Å². The summed E-state index contributed by atoms with van der Waals surface area (Å²) in [5.74, 6) is 1.34. The van der Waals surface area contributed by atoms with Crippen molar-refractivity contribution in [1.82, 2.24) is 5.43 Å². The van der Waals surface area contributed by atoms with E-state index in [1.807, 2.05) is 25.1 Å². The lowest BCUT2D eigenvalue weighted by atomic mass is 10.1. The Balaban J connectivity index is 3.07. The highest BCUT2D eigenvalue weighted by molar-refractivity contribution is 7.80. The number of nitrogens with two attached hydrogens (primary N) is 1. The van der Waals surface area contributed by atoms with Gasteiger partial charge in [-0.05, 0) is 36.8 Å². The lowest BCUT2D eigenvalue weighted by Gasteiger charge is -2.10. The highest BCUT2D eigenvalue weighted by Gasteiger charge is 2.08. The van der Waals surface area contributed by atoms with Crippen LogP contribution in [-0.4, -0.2) is 25.0 Å². The van der Waals surface area contributed by atoms with E-state index in [0.717, 1.165) is 17.7 Å². The number of hydrazone groups is 1. The van der Waals surface area contributed by atoms with Gasteiger partial charge >= 0.3 is 0 Å². The zero-order valence-corrected chi connectivity index (χ0v) is 11.5. The summed E-state index contributed by atoms with van der Waals surface area (Å²) in [5, 5.41) is 4.29. The van der Waals surface area contributed by atoms with Crippen LogP contribution in [0.3, 0.4) is 0 Å². The van der Waals surface area contributed by atoms with Crippen LogP contribution in [0, 0.1) is 0 Å². The molecular formula is C12H17N3O2S. The first-order valence-electron chi connectivity index (χ1n) is 5.46. The van der Waals surface area contributed by atoms with Crippen molar-refractivity contribution < 1.29 is 9.47 Å². The topological polar surface area (TPSA) is 68.9 Å². The molecule has 18 heavy (non-hydrogen) atoms. The Bertz CT molecular complexity index is 461. The van der Waals surface area contributed by atoms with Crippen LogP contribution >= 0.6 is 12.2 Å². The molecule has 0 aliphatic carbocycles. The molecule has 0 saturated heterocycles. The monoisotopic (exact) mass is 267 g/mol. The van der Waals surface area contributed by atoms with Crippen molar-refractivity contribution >= 4 is 23.0 Å². The van der Waals surface area contributed by atoms with Crippen LogP contribution < -0.4 is 20.6 Å². The van der Waals surface area contributed by atoms with Gasteiger partial charge in [-0.25, -0.2) is 0 Å². The summed E-state index contributed by atoms with van der Waals surface area (Å²) in [4.78, 5) is 0. The molecule has 0 saturated carbocycles. The highest BCUT2D eigenvalue weighted by atomic mass is 32.1. The molecule has 1 rings (SSSR count). The summed E-state index contributed by atoms with van der Waals surface area (Å²) in [6.07, 6.45) is 0.741. The fourth-order valence-electron chi connectivity index (χ4n) is 1.49. The van der Waals surface area contributed by atoms with Crippen LogP contribution in [0.4, 0.5) is 0 Å². The Kier molecular flexibility index (Phi) is 5.38. The van der Waals surface area contributed by atoms with Gasteiger partial charge in [-0.1, -0.05) is 6.92 Å². The number of ether oxygens (including phenoxy) is 2. The maximum absolute atomic E-state index is 5.34. The third-order valence-electron chi connectivity index (χ3n) is 2.35. The number of nitrogens with zero attached hydrogens (tertiary/aromatic N) is 1. The van der Waals surface area contributed by atoms with Crippen LogP contribution in [0.2, 0.25) is 0 Å². The summed E-state index contributed by atoms with van der Waals surface area (Å²) in [6.45, 7) is 2.00. The van der Waals surface area contributed by atoms with E-state index in [4.69, 9.17) is 27.4 Å². The van der Waals surface area contributed by atoms with Crippen molar-refractivity contribution in [2.45, 2.75) is 13.3 Å². The average Bonchev–Trinajstić information content (AvgIpc) is 2.38. The van der Waals surface area contributed by atoms with Crippen LogP contribution in [0.15, 0.2) is 23.3 Å². The smallest absolute Gasteiger partial charge is 0.184 e. The fourth-order valence-corrected chi connectivity index (χ4v) is 1.53. The number of hydrogen-bond donors (Lipinski definition) is 2. The van der Waals surface area contributed by atoms with Gasteiger partial charge in [-0.2, -0.15) is 5.10 Å². The molecule has 5 nitrogen and oxygen atoms in total. The first kappa shape index (κ1) is 14.2. The molecule has 0 radical (unpaired) electrons. The number of thiocarbonyl (C=S) groups is 1. The van der Waals surface area contributed by atoms with Gasteiger partial charge < -0.3 is 15.2 Å². The largest absolute Gasteiger partial charge is 0.493 e. The molecule has 0 aromatic heterocycles. The molecule has 0 fully saturated rings. The third-order valence-corrected chi connectivity index (χ3v) is 2.44. The molecule has 1 aromatic carbocycles. The molecular weight excluding hydrogens is 250 g/mol. The fraction of sp³-hybridized carbons (Fsp3) is 0.333. The van der Waals surface area contributed by atoms with Gasteiger partial charge in [0.15, 0.2) is 16.6 Å². The van der Waals surface area contributed by atoms with Crippen molar-refractivity contribution in [1.29, 1.82) is 0 Å². The van der Waals surface area contributed by atoms with Crippen LogP contribution in [0.1, 0.15) is 18.9 Å². The molecule has 0 aliphatic heterocycles. The van der Waals surface area contributed by atoms with E-state index in [1.54, 1.807) is 14.2 Å². The zero-order valence-electron chi connectivity index (χ0n) is 10.7. The van der Waals surface area contributed by atoms with Gasteiger partial charge in [0, 0.05) is 5.56 Å². The Labute approximate surface area is 112 Å². The SMILES string of the molecule is CCC(=NNC(N)=S)c1ccc(OC)c(OC)c1. The number of nitrogens with one attached hydrogen (secondary N) is 1. The Morgan fingerprint density at radius 2 is 2.00 bits per heavy atom. The molecule has 98 valence electrons. The lowest BCUT2D eigenvalue weighted by Crippen LogP contribution is -2.25. The molecule has 0 bridgehead atoms. The predicted octanol–water partition coefficient (Wildman–Crippen LogP) is 1.65. The quantitative estimate of drug-likeness (QED) is 0.482. The summed E-state index contributed by atoms with van der Waals surface area (Å²) < 4.78 is 10.4. The molecule has 0 unspecified atom stereocenters. The Morgan fingerprint density at radius 1 is 1.33 bits per heavy atom. The number of methoxy groups -OCH3 is 2. The first-order valence-corrected chi connectivity index (χ1v) is 5.87. The maximum Gasteiger partial charge on any atom is 0.184 e. The van der Waals surface area contributed by atoms with Crippen molar-refractivity contribution in [3.63, 3.8) is 0 Å². The van der Waals surface area contributed by atoms with E-state index < -0.39 is 0 Å². The molecule has 0 amide bonds. The van der Waals surface area contributed by atoms with Gasteiger partial charge in [-0.15, -0.1) is 0 Å². The van der Waals surface area contributed by atoms with Gasteiger partial charge in [0.05, 0.1) is 19.9 Å². The molecule has 0 atom stereocenters. The van der Waals surface area contributed by atoms with Crippen LogP contribution in [-0.2, 0) is 0 Å². The van der Waals surface area contributed by atoms with Gasteiger partial charge in [-0.3, -0.25) is 5.43 Å². The summed E-state index contributed by atoms with van der Waals surface area (Å²) in [7, 11) is 3.19. The van der Waals surface area contributed by atoms with Gasteiger partial charge in [0.2, 0.25) is 0 Å². The average molecular weight is 267 g/mol. The van der Waals surface area contributed by atoms with E-state index in [1.165, 1.54) is 0 Å². The predicted molar refractivity (Wildman–Crippen MR) is 76.3 cm³/mol. The molecule has 1 aromatic rings. The summed E-state index contributed by atoms with van der Waals surface area (Å²) >= 11 is 4.71. The first-order chi connectivity index (χ1) is 8.62. The standard InChI is InChI=1S/C12H17N3O2S/c1-4-9(14-15-12(13)18)8-5-6-10(16-2)11(7-8)17-3/h5-7H,4H2,1-3H3,(H3,13,15,18).